The minimum Gasteiger partial charge on any atom is -0.756 e. The predicted molar refractivity (Wildman–Crippen MR) is 161 cm³/mol. The lowest BCUT2D eigenvalue weighted by Gasteiger charge is -2.26. The van der Waals surface area contributed by atoms with Crippen molar-refractivity contribution in [3.63, 3.8) is 0 Å². The molecular weight excluding hydrogens is 631 g/mol. The van der Waals surface area contributed by atoms with Crippen LogP contribution in [0.25, 0.3) is 0 Å². The average molecular weight is 674 g/mol. The summed E-state index contributed by atoms with van der Waals surface area (Å²) in [6.07, 6.45) is -4.10. The molecule has 7 N–H and O–H groups in total. The predicted octanol–water partition coefficient (Wildman–Crippen LogP) is -0.0591. The highest BCUT2D eigenvalue weighted by Gasteiger charge is 2.32. The number of phosphoric ester groups is 1. The van der Waals surface area contributed by atoms with E-state index in [1.165, 1.54) is 7.11 Å². The number of carbonyl (C=O) groups excluding carboxylic acids is 1. The second-order valence-electron chi connectivity index (χ2n) is 9.91. The number of ether oxygens (including phenoxy) is 4. The molecule has 1 aliphatic heterocycles. The van der Waals surface area contributed by atoms with Gasteiger partial charge in [0.1, 0.15) is 24.6 Å². The molecule has 0 fully saturated rings. The van der Waals surface area contributed by atoms with Crippen molar-refractivity contribution in [3.8, 4) is 6.01 Å². The largest absolute Gasteiger partial charge is 0.756 e. The Bertz CT molecular complexity index is 1290. The summed E-state index contributed by atoms with van der Waals surface area (Å²) in [6, 6.07) is 6.85. The van der Waals surface area contributed by atoms with E-state index in [0.29, 0.717) is 23.7 Å². The average Bonchev–Trinajstić information content (AvgIpc) is 3.35. The summed E-state index contributed by atoms with van der Waals surface area (Å²) < 4.78 is 42.5. The fourth-order valence-electron chi connectivity index (χ4n) is 3.96. The first-order chi connectivity index (χ1) is 22.0. The zero-order valence-corrected chi connectivity index (χ0v) is 26.8. The van der Waals surface area contributed by atoms with Crippen molar-refractivity contribution in [1.82, 2.24) is 15.3 Å². The van der Waals surface area contributed by atoms with Gasteiger partial charge in [0.25, 0.3) is 7.82 Å². The topological polar surface area (TPSA) is 252 Å². The number of aliphatic hydroxyl groups is 3. The van der Waals surface area contributed by atoms with E-state index in [1.807, 2.05) is 0 Å². The summed E-state index contributed by atoms with van der Waals surface area (Å²) >= 11 is 0. The van der Waals surface area contributed by atoms with Crippen LogP contribution >= 0.6 is 7.82 Å². The van der Waals surface area contributed by atoms with Gasteiger partial charge in [-0.2, -0.15) is 9.97 Å². The van der Waals surface area contributed by atoms with Gasteiger partial charge in [0.2, 0.25) is 6.35 Å². The molecule has 1 aromatic carbocycles. The number of methoxy groups -OCH3 is 1. The number of hydrogen-bond donors (Lipinski definition) is 6. The zero-order valence-electron chi connectivity index (χ0n) is 25.9. The number of fused-ring (bicyclic) bond motifs is 1. The fourth-order valence-corrected chi connectivity index (χ4v) is 4.70. The molecule has 0 amide bonds. The quantitative estimate of drug-likeness (QED) is 0.0439. The lowest BCUT2D eigenvalue weighted by Crippen LogP contribution is -2.35. The molecule has 5 unspecified atom stereocenters. The van der Waals surface area contributed by atoms with E-state index < -0.39 is 45.4 Å². The maximum absolute atomic E-state index is 12.2. The Morgan fingerprint density at radius 2 is 1.89 bits per heavy atom. The number of nitrogens with zero attached hydrogens (tertiary/aromatic N) is 3. The van der Waals surface area contributed by atoms with Crippen LogP contribution in [0.15, 0.2) is 24.3 Å². The number of nitrogen functional groups attached to an aromatic ring is 1. The first-order valence-corrected chi connectivity index (χ1v) is 16.0. The van der Waals surface area contributed by atoms with Crippen LogP contribution in [-0.4, -0.2) is 96.7 Å². The second-order valence-corrected chi connectivity index (χ2v) is 11.3. The lowest BCUT2D eigenvalue weighted by atomic mass is 10.1. The Kier molecular flexibility index (Phi) is 14.8. The number of nitrogens with two attached hydrogens (primary N) is 1. The van der Waals surface area contributed by atoms with Crippen LogP contribution < -0.4 is 30.9 Å². The maximum atomic E-state index is 12.2. The van der Waals surface area contributed by atoms with Gasteiger partial charge in [0.15, 0.2) is 17.9 Å². The van der Waals surface area contributed by atoms with Gasteiger partial charge in [-0.1, -0.05) is 38.1 Å². The van der Waals surface area contributed by atoms with Crippen molar-refractivity contribution in [2.75, 3.05) is 62.6 Å². The number of aromatic nitrogens is 2. The van der Waals surface area contributed by atoms with Gasteiger partial charge in [0, 0.05) is 26.6 Å². The third-order valence-electron chi connectivity index (χ3n) is 6.42. The molecule has 0 spiro atoms. The van der Waals surface area contributed by atoms with Crippen LogP contribution in [0.5, 0.6) is 6.01 Å². The second kappa shape index (κ2) is 18.2. The van der Waals surface area contributed by atoms with E-state index in [0.717, 1.165) is 5.56 Å². The molecule has 46 heavy (non-hydrogen) atoms. The molecule has 3 rings (SSSR count). The van der Waals surface area contributed by atoms with Crippen molar-refractivity contribution >= 4 is 31.1 Å². The molecule has 2 heterocycles. The molecule has 0 saturated heterocycles. The van der Waals surface area contributed by atoms with E-state index in [9.17, 15) is 29.6 Å². The van der Waals surface area contributed by atoms with E-state index in [-0.39, 0.29) is 57.6 Å². The molecule has 1 aromatic heterocycles. The van der Waals surface area contributed by atoms with Gasteiger partial charge in [-0.15, -0.1) is 0 Å². The number of benzene rings is 1. The van der Waals surface area contributed by atoms with Crippen LogP contribution in [0.2, 0.25) is 0 Å². The zero-order chi connectivity index (χ0) is 33.7. The lowest BCUT2D eigenvalue weighted by molar-refractivity contribution is -0.229. The van der Waals surface area contributed by atoms with E-state index in [2.05, 4.69) is 20.6 Å². The van der Waals surface area contributed by atoms with Gasteiger partial charge < -0.3 is 64.2 Å². The number of hydrogen-bond acceptors (Lipinski definition) is 18. The number of esters is 1. The summed E-state index contributed by atoms with van der Waals surface area (Å²) in [5, 5.41) is 36.2. The standard InChI is InChI=1S/C27H43N6O12P/c1-4-20(34)42-15-19(45-21(35)5-2)16-44-46(38,39)43-11-10-29-25(36)18-8-6-17(7-9-18)14-33-24-22(30-27(33)37)23(28)31-26(32-24)41-13-12-40-3/h6-9,19-20,25,27,29-30,34,36-37H,4-5,10-16H2,1-3H3,(H,38,39)(H2,28,31,32)/p-1. The highest BCUT2D eigenvalue weighted by Crippen LogP contribution is 2.39. The molecule has 19 heteroatoms. The number of rotatable bonds is 21. The number of phosphoric acid groups is 1. The Balaban J connectivity index is 1.47. The minimum absolute atomic E-state index is 0.0436. The molecular formula is C27H42N6O12P-. The van der Waals surface area contributed by atoms with Gasteiger partial charge in [-0.3, -0.25) is 14.7 Å². The first-order valence-electron chi connectivity index (χ1n) is 14.6. The van der Waals surface area contributed by atoms with Crippen molar-refractivity contribution < 1.29 is 57.6 Å². The SMILES string of the molecule is CCC(=O)OC(COC(O)CC)COP(=O)([O-])OCCNC(O)c1ccc(CN2c3nc(OCCOC)nc(N)c3NC2O)cc1. The Morgan fingerprint density at radius 3 is 2.57 bits per heavy atom. The third kappa shape index (κ3) is 11.6. The van der Waals surface area contributed by atoms with Gasteiger partial charge in [0.05, 0.1) is 26.4 Å². The summed E-state index contributed by atoms with van der Waals surface area (Å²) in [6.45, 7) is 2.78. The number of carbonyl (C=O) groups is 1. The van der Waals surface area contributed by atoms with Crippen molar-refractivity contribution in [1.29, 1.82) is 0 Å². The number of anilines is 3. The summed E-state index contributed by atoms with van der Waals surface area (Å²) in [4.78, 5) is 33.8. The molecule has 0 bridgehead atoms. The third-order valence-corrected chi connectivity index (χ3v) is 7.39. The Hall–Kier alpha value is -3.16. The Morgan fingerprint density at radius 1 is 1.15 bits per heavy atom. The molecule has 258 valence electrons. The van der Waals surface area contributed by atoms with Crippen LogP contribution in [0.4, 0.5) is 17.3 Å². The normalized spacial score (nSPS) is 17.5. The molecule has 0 aliphatic carbocycles. The molecule has 1 aliphatic rings. The van der Waals surface area contributed by atoms with Gasteiger partial charge in [-0.05, 0) is 17.5 Å². The van der Waals surface area contributed by atoms with Crippen molar-refractivity contribution in [2.24, 2.45) is 0 Å². The molecule has 0 saturated carbocycles. The molecule has 0 radical (unpaired) electrons. The minimum atomic E-state index is -4.79. The smallest absolute Gasteiger partial charge is 0.320 e. The van der Waals surface area contributed by atoms with Crippen molar-refractivity contribution in [2.45, 2.75) is 58.2 Å². The summed E-state index contributed by atoms with van der Waals surface area (Å²) in [5.74, 6) is -0.115. The highest BCUT2D eigenvalue weighted by molar-refractivity contribution is 7.45. The Labute approximate surface area is 266 Å². The van der Waals surface area contributed by atoms with E-state index in [1.54, 1.807) is 43.0 Å². The summed E-state index contributed by atoms with van der Waals surface area (Å²) in [7, 11) is -3.25. The van der Waals surface area contributed by atoms with Crippen LogP contribution in [0, 0.1) is 0 Å². The van der Waals surface area contributed by atoms with Crippen LogP contribution in [0.3, 0.4) is 0 Å². The molecule has 18 nitrogen and oxygen atoms in total. The fraction of sp³-hybridized carbons (Fsp3) is 0.593. The molecule has 5 atom stereocenters. The molecule has 2 aromatic rings. The van der Waals surface area contributed by atoms with Gasteiger partial charge in [-0.25, -0.2) is 0 Å². The highest BCUT2D eigenvalue weighted by atomic mass is 31.2. The maximum Gasteiger partial charge on any atom is 0.320 e. The van der Waals surface area contributed by atoms with Crippen LogP contribution in [0.1, 0.15) is 44.0 Å². The van der Waals surface area contributed by atoms with Crippen LogP contribution in [-0.2, 0) is 39.2 Å². The monoisotopic (exact) mass is 673 g/mol. The van der Waals surface area contributed by atoms with Gasteiger partial charge >= 0.3 is 12.0 Å². The van der Waals surface area contributed by atoms with E-state index in [4.69, 9.17) is 33.7 Å². The number of aliphatic hydroxyl groups excluding tert-OH is 3. The first kappa shape index (κ1) is 37.3. The number of nitrogens with one attached hydrogen (secondary N) is 2. The van der Waals surface area contributed by atoms with E-state index >= 15 is 0 Å². The summed E-state index contributed by atoms with van der Waals surface area (Å²) in [5.41, 5.74) is 7.65. The van der Waals surface area contributed by atoms with Crippen molar-refractivity contribution in [3.05, 3.63) is 35.4 Å².